The highest BCUT2D eigenvalue weighted by molar-refractivity contribution is 4.88. The molecule has 0 amide bonds. The second-order valence-electron chi connectivity index (χ2n) is 6.23. The predicted molar refractivity (Wildman–Crippen MR) is 79.4 cm³/mol. The first kappa shape index (κ1) is 17.1. The first-order valence-electron chi connectivity index (χ1n) is 7.56. The quantitative estimate of drug-likeness (QED) is 0.705. The van der Waals surface area contributed by atoms with Gasteiger partial charge in [-0.1, -0.05) is 25.9 Å². The van der Waals surface area contributed by atoms with Gasteiger partial charge in [0.2, 0.25) is 5.89 Å². The van der Waals surface area contributed by atoms with Crippen molar-refractivity contribution in [2.75, 3.05) is 19.8 Å². The van der Waals surface area contributed by atoms with Crippen LogP contribution in [0.3, 0.4) is 0 Å². The number of rotatable bonds is 9. The first-order chi connectivity index (χ1) is 9.47. The normalized spacial score (nSPS) is 13.7. The summed E-state index contributed by atoms with van der Waals surface area (Å²) in [7, 11) is 0. The van der Waals surface area contributed by atoms with Crippen molar-refractivity contribution in [3.63, 3.8) is 0 Å². The van der Waals surface area contributed by atoms with Gasteiger partial charge < -0.3 is 15.0 Å². The van der Waals surface area contributed by atoms with Crippen molar-refractivity contribution in [2.24, 2.45) is 17.1 Å². The minimum atomic E-state index is 0.261. The minimum Gasteiger partial charge on any atom is -0.381 e. The van der Waals surface area contributed by atoms with E-state index in [1.165, 1.54) is 0 Å². The Hall–Kier alpha value is -0.940. The van der Waals surface area contributed by atoms with Crippen LogP contribution in [-0.4, -0.2) is 29.9 Å². The summed E-state index contributed by atoms with van der Waals surface area (Å²) in [4.78, 5) is 4.41. The molecule has 0 aliphatic carbocycles. The largest absolute Gasteiger partial charge is 0.381 e. The molecule has 0 bridgehead atoms. The number of ether oxygens (including phenoxy) is 1. The third-order valence-corrected chi connectivity index (χ3v) is 3.63. The van der Waals surface area contributed by atoms with Crippen LogP contribution in [0.15, 0.2) is 4.52 Å². The molecule has 0 aromatic carbocycles. The van der Waals surface area contributed by atoms with Crippen molar-refractivity contribution < 1.29 is 9.26 Å². The van der Waals surface area contributed by atoms with Gasteiger partial charge in [0.15, 0.2) is 5.82 Å². The van der Waals surface area contributed by atoms with E-state index >= 15 is 0 Å². The number of aromatic nitrogens is 2. The number of nitrogens with zero attached hydrogens (tertiary/aromatic N) is 2. The highest BCUT2D eigenvalue weighted by Gasteiger charge is 2.24. The molecule has 5 heteroatoms. The topological polar surface area (TPSA) is 74.2 Å². The van der Waals surface area contributed by atoms with Crippen LogP contribution in [-0.2, 0) is 17.6 Å². The molecule has 0 fully saturated rings. The molecule has 0 aliphatic rings. The minimum absolute atomic E-state index is 0.261. The average molecular weight is 283 g/mol. The average Bonchev–Trinajstić information content (AvgIpc) is 2.81. The van der Waals surface area contributed by atoms with Crippen LogP contribution in [0.5, 0.6) is 0 Å². The van der Waals surface area contributed by atoms with E-state index in [-0.39, 0.29) is 5.41 Å². The van der Waals surface area contributed by atoms with Gasteiger partial charge in [-0.25, -0.2) is 0 Å². The van der Waals surface area contributed by atoms with Crippen LogP contribution >= 0.6 is 0 Å². The first-order valence-corrected chi connectivity index (χ1v) is 7.56. The molecule has 0 saturated carbocycles. The van der Waals surface area contributed by atoms with Crippen LogP contribution < -0.4 is 5.73 Å². The molecule has 0 radical (unpaired) electrons. The Bertz CT molecular complexity index is 371. The lowest BCUT2D eigenvalue weighted by Gasteiger charge is -2.30. The van der Waals surface area contributed by atoms with E-state index in [0.717, 1.165) is 44.1 Å². The molecule has 0 spiro atoms. The lowest BCUT2D eigenvalue weighted by molar-refractivity contribution is 0.149. The third kappa shape index (κ3) is 6.01. The van der Waals surface area contributed by atoms with E-state index < -0.39 is 0 Å². The fourth-order valence-electron chi connectivity index (χ4n) is 2.31. The van der Waals surface area contributed by atoms with Crippen LogP contribution in [0.25, 0.3) is 0 Å². The fraction of sp³-hybridized carbons (Fsp3) is 0.867. The molecule has 2 N–H and O–H groups in total. The van der Waals surface area contributed by atoms with Crippen molar-refractivity contribution in [3.05, 3.63) is 11.7 Å². The van der Waals surface area contributed by atoms with E-state index in [0.29, 0.717) is 18.9 Å². The molecule has 5 nitrogen and oxygen atoms in total. The monoisotopic (exact) mass is 283 g/mol. The molecule has 1 aromatic heterocycles. The molecule has 1 unspecified atom stereocenters. The Kier molecular flexibility index (Phi) is 7.16. The molecule has 1 heterocycles. The molecule has 1 atom stereocenters. The van der Waals surface area contributed by atoms with Crippen molar-refractivity contribution in [2.45, 2.75) is 53.4 Å². The molecule has 0 aliphatic heterocycles. The fourth-order valence-corrected chi connectivity index (χ4v) is 2.31. The zero-order valence-corrected chi connectivity index (χ0v) is 13.3. The Balaban J connectivity index is 2.43. The molecule has 1 rings (SSSR count). The standard InChI is InChI=1S/C15H29N3O2/c1-5-19-11-9-13-17-14(20-18-13)7-6-12(8-10-16)15(2,3)4/h12H,5-11,16H2,1-4H3. The Morgan fingerprint density at radius 3 is 2.60 bits per heavy atom. The maximum absolute atomic E-state index is 5.70. The zero-order chi connectivity index (χ0) is 15.0. The molecule has 116 valence electrons. The summed E-state index contributed by atoms with van der Waals surface area (Å²) in [5.41, 5.74) is 5.96. The summed E-state index contributed by atoms with van der Waals surface area (Å²) in [5, 5.41) is 3.98. The molecule has 0 saturated heterocycles. The molecule has 20 heavy (non-hydrogen) atoms. The highest BCUT2D eigenvalue weighted by atomic mass is 16.5. The van der Waals surface area contributed by atoms with Crippen LogP contribution in [0.4, 0.5) is 0 Å². The predicted octanol–water partition coefficient (Wildman–Crippen LogP) is 2.59. The van der Waals surface area contributed by atoms with Gasteiger partial charge in [0.05, 0.1) is 6.61 Å². The summed E-state index contributed by atoms with van der Waals surface area (Å²) >= 11 is 0. The van der Waals surface area contributed by atoms with E-state index in [1.807, 2.05) is 6.92 Å². The summed E-state index contributed by atoms with van der Waals surface area (Å²) in [6.07, 6.45) is 3.61. The zero-order valence-electron chi connectivity index (χ0n) is 13.3. The molecular weight excluding hydrogens is 254 g/mol. The van der Waals surface area contributed by atoms with Gasteiger partial charge in [-0.15, -0.1) is 0 Å². The highest BCUT2D eigenvalue weighted by Crippen LogP contribution is 2.31. The van der Waals surface area contributed by atoms with Crippen molar-refractivity contribution in [1.82, 2.24) is 10.1 Å². The van der Waals surface area contributed by atoms with Gasteiger partial charge in [0.25, 0.3) is 0 Å². The Morgan fingerprint density at radius 1 is 1.25 bits per heavy atom. The van der Waals surface area contributed by atoms with Gasteiger partial charge in [-0.05, 0) is 37.6 Å². The maximum atomic E-state index is 5.70. The van der Waals surface area contributed by atoms with E-state index in [1.54, 1.807) is 0 Å². The van der Waals surface area contributed by atoms with Crippen molar-refractivity contribution in [3.8, 4) is 0 Å². The summed E-state index contributed by atoms with van der Waals surface area (Å²) in [5.74, 6) is 2.04. The second-order valence-corrected chi connectivity index (χ2v) is 6.23. The molecular formula is C15H29N3O2. The maximum Gasteiger partial charge on any atom is 0.226 e. The Morgan fingerprint density at radius 2 is 2.00 bits per heavy atom. The van der Waals surface area contributed by atoms with Gasteiger partial charge >= 0.3 is 0 Å². The van der Waals surface area contributed by atoms with E-state index in [2.05, 4.69) is 30.9 Å². The van der Waals surface area contributed by atoms with Gasteiger partial charge in [-0.2, -0.15) is 4.98 Å². The smallest absolute Gasteiger partial charge is 0.226 e. The van der Waals surface area contributed by atoms with Crippen LogP contribution in [0, 0.1) is 11.3 Å². The summed E-state index contributed by atoms with van der Waals surface area (Å²) < 4.78 is 10.6. The second kappa shape index (κ2) is 8.37. The van der Waals surface area contributed by atoms with Crippen LogP contribution in [0.1, 0.15) is 52.3 Å². The third-order valence-electron chi connectivity index (χ3n) is 3.63. The van der Waals surface area contributed by atoms with E-state index in [9.17, 15) is 0 Å². The molecule has 1 aromatic rings. The Labute approximate surface area is 122 Å². The van der Waals surface area contributed by atoms with Gasteiger partial charge in [0, 0.05) is 19.4 Å². The van der Waals surface area contributed by atoms with Crippen LogP contribution in [0.2, 0.25) is 0 Å². The number of nitrogens with two attached hydrogens (primary N) is 1. The van der Waals surface area contributed by atoms with Crippen molar-refractivity contribution >= 4 is 0 Å². The lowest BCUT2D eigenvalue weighted by atomic mass is 9.76. The van der Waals surface area contributed by atoms with Gasteiger partial charge in [-0.3, -0.25) is 0 Å². The summed E-state index contributed by atoms with van der Waals surface area (Å²) in [6.45, 7) is 10.8. The summed E-state index contributed by atoms with van der Waals surface area (Å²) in [6, 6.07) is 0. The van der Waals surface area contributed by atoms with E-state index in [4.69, 9.17) is 15.0 Å². The number of hydrogen-bond donors (Lipinski definition) is 1. The van der Waals surface area contributed by atoms with Crippen molar-refractivity contribution in [1.29, 1.82) is 0 Å². The SMILES string of the molecule is CCOCCc1noc(CCC(CCN)C(C)(C)C)n1. The van der Waals surface area contributed by atoms with Gasteiger partial charge in [0.1, 0.15) is 0 Å². The number of hydrogen-bond acceptors (Lipinski definition) is 5. The lowest BCUT2D eigenvalue weighted by Crippen LogP contribution is -2.24. The number of aryl methyl sites for hydroxylation is 1.